The molecule has 0 spiro atoms. The fourth-order valence-electron chi connectivity index (χ4n) is 2.87. The van der Waals surface area contributed by atoms with E-state index in [9.17, 15) is 9.59 Å². The number of ether oxygens (including phenoxy) is 2. The van der Waals surface area contributed by atoms with Crippen molar-refractivity contribution in [1.82, 2.24) is 0 Å². The van der Waals surface area contributed by atoms with Crippen molar-refractivity contribution in [3.05, 3.63) is 35.5 Å². The monoisotopic (exact) mass is 304 g/mol. The van der Waals surface area contributed by atoms with E-state index in [-0.39, 0.29) is 18.0 Å². The van der Waals surface area contributed by atoms with Gasteiger partial charge in [-0.2, -0.15) is 0 Å². The lowest BCUT2D eigenvalue weighted by molar-refractivity contribution is -0.152. The number of hydrogen-bond acceptors (Lipinski definition) is 4. The van der Waals surface area contributed by atoms with E-state index in [1.54, 1.807) is 25.2 Å². The van der Waals surface area contributed by atoms with Crippen LogP contribution >= 0.6 is 0 Å². The van der Waals surface area contributed by atoms with Crippen LogP contribution in [0.4, 0.5) is 0 Å². The van der Waals surface area contributed by atoms with Gasteiger partial charge in [0.2, 0.25) is 0 Å². The zero-order valence-corrected chi connectivity index (χ0v) is 13.3. The van der Waals surface area contributed by atoms with Gasteiger partial charge in [0.25, 0.3) is 0 Å². The molecular weight excluding hydrogens is 280 g/mol. The van der Waals surface area contributed by atoms with Gasteiger partial charge in [0.05, 0.1) is 18.1 Å². The molecule has 0 aromatic heterocycles. The van der Waals surface area contributed by atoms with E-state index in [2.05, 4.69) is 0 Å². The maximum Gasteiger partial charge on any atom is 0.338 e. The Bertz CT molecular complexity index is 507. The first-order chi connectivity index (χ1) is 10.7. The molecule has 1 saturated carbocycles. The van der Waals surface area contributed by atoms with Crippen LogP contribution in [-0.4, -0.2) is 24.6 Å². The second-order valence-electron chi connectivity index (χ2n) is 5.64. The van der Waals surface area contributed by atoms with Crippen molar-refractivity contribution in [3.63, 3.8) is 0 Å². The lowest BCUT2D eigenvalue weighted by Crippen LogP contribution is -2.27. The molecule has 0 radical (unpaired) electrons. The fourth-order valence-corrected chi connectivity index (χ4v) is 2.87. The number of carbonyl (C=O) groups is 2. The summed E-state index contributed by atoms with van der Waals surface area (Å²) >= 11 is 0. The Kier molecular flexibility index (Phi) is 5.99. The van der Waals surface area contributed by atoms with Crippen LogP contribution in [0.2, 0.25) is 0 Å². The van der Waals surface area contributed by atoms with Crippen molar-refractivity contribution >= 4 is 11.9 Å². The molecule has 0 aromatic carbocycles. The van der Waals surface area contributed by atoms with Crippen LogP contribution in [0.5, 0.6) is 0 Å². The van der Waals surface area contributed by atoms with Crippen molar-refractivity contribution < 1.29 is 19.1 Å². The lowest BCUT2D eigenvalue weighted by Gasteiger charge is -2.25. The van der Waals surface area contributed by atoms with Gasteiger partial charge in [-0.25, -0.2) is 4.79 Å². The van der Waals surface area contributed by atoms with E-state index in [4.69, 9.17) is 9.47 Å². The van der Waals surface area contributed by atoms with Crippen molar-refractivity contribution in [2.45, 2.75) is 52.1 Å². The van der Waals surface area contributed by atoms with Gasteiger partial charge < -0.3 is 9.47 Å². The zero-order valence-electron chi connectivity index (χ0n) is 13.3. The largest absolute Gasteiger partial charge is 0.462 e. The summed E-state index contributed by atoms with van der Waals surface area (Å²) in [6, 6.07) is 0. The molecule has 1 unspecified atom stereocenters. The summed E-state index contributed by atoms with van der Waals surface area (Å²) in [5.41, 5.74) is 1.25. The summed E-state index contributed by atoms with van der Waals surface area (Å²) in [5, 5.41) is 0. The van der Waals surface area contributed by atoms with E-state index < -0.39 is 5.92 Å². The summed E-state index contributed by atoms with van der Waals surface area (Å²) in [6.45, 7) is 3.96. The molecule has 4 nitrogen and oxygen atoms in total. The maximum absolute atomic E-state index is 12.4. The number of rotatable bonds is 4. The van der Waals surface area contributed by atoms with E-state index in [1.165, 1.54) is 6.42 Å². The first-order valence-corrected chi connectivity index (χ1v) is 8.09. The van der Waals surface area contributed by atoms with Crippen LogP contribution < -0.4 is 0 Å². The van der Waals surface area contributed by atoms with Crippen LogP contribution in [0, 0.1) is 5.92 Å². The highest BCUT2D eigenvalue weighted by molar-refractivity contribution is 5.94. The number of hydrogen-bond donors (Lipinski definition) is 0. The zero-order chi connectivity index (χ0) is 15.9. The third-order valence-electron chi connectivity index (χ3n) is 4.08. The Balaban J connectivity index is 2.02. The standard InChI is InChI=1S/C18H24O4/c1-3-13-12-14(17(19)21-4-2)10-11-16(13)18(20)22-15-8-6-5-7-9-15/h3,10-12,15-16H,4-9H2,1-2H3. The molecule has 2 rings (SSSR count). The number of carbonyl (C=O) groups excluding carboxylic acids is 2. The fraction of sp³-hybridized carbons (Fsp3) is 0.556. The number of allylic oxidation sites excluding steroid dienone is 2. The molecule has 22 heavy (non-hydrogen) atoms. The van der Waals surface area contributed by atoms with Gasteiger partial charge in [-0.1, -0.05) is 24.6 Å². The molecule has 2 aliphatic rings. The average Bonchev–Trinajstić information content (AvgIpc) is 2.55. The minimum atomic E-state index is -0.426. The minimum Gasteiger partial charge on any atom is -0.462 e. The number of esters is 2. The molecule has 0 aromatic rings. The molecule has 0 N–H and O–H groups in total. The van der Waals surface area contributed by atoms with E-state index in [0.717, 1.165) is 31.3 Å². The van der Waals surface area contributed by atoms with Gasteiger partial charge in [0, 0.05) is 0 Å². The van der Waals surface area contributed by atoms with E-state index in [1.807, 2.05) is 13.0 Å². The van der Waals surface area contributed by atoms with Crippen LogP contribution in [0.25, 0.3) is 0 Å². The van der Waals surface area contributed by atoms with E-state index in [0.29, 0.717) is 12.2 Å². The summed E-state index contributed by atoms with van der Waals surface area (Å²) in [4.78, 5) is 24.1. The van der Waals surface area contributed by atoms with Crippen molar-refractivity contribution in [3.8, 4) is 0 Å². The molecule has 0 bridgehead atoms. The molecule has 2 aliphatic carbocycles. The van der Waals surface area contributed by atoms with Crippen molar-refractivity contribution in [2.75, 3.05) is 6.61 Å². The second-order valence-corrected chi connectivity index (χ2v) is 5.64. The predicted molar refractivity (Wildman–Crippen MR) is 84.1 cm³/mol. The van der Waals surface area contributed by atoms with Crippen LogP contribution in [0.15, 0.2) is 35.5 Å². The second kappa shape index (κ2) is 7.97. The van der Waals surface area contributed by atoms with Crippen molar-refractivity contribution in [1.29, 1.82) is 0 Å². The molecule has 1 atom stereocenters. The quantitative estimate of drug-likeness (QED) is 0.746. The summed E-state index contributed by atoms with van der Waals surface area (Å²) in [6.07, 6.45) is 12.4. The van der Waals surface area contributed by atoms with Gasteiger partial charge >= 0.3 is 11.9 Å². The van der Waals surface area contributed by atoms with Crippen LogP contribution in [-0.2, 0) is 19.1 Å². The highest BCUT2D eigenvalue weighted by Gasteiger charge is 2.27. The third-order valence-corrected chi connectivity index (χ3v) is 4.08. The molecule has 1 fully saturated rings. The normalized spacial score (nSPS) is 24.0. The SMILES string of the molecule is CC=C1C=C(C(=O)OCC)C=CC1C(=O)OC1CCCCC1. The van der Waals surface area contributed by atoms with Gasteiger partial charge in [0.15, 0.2) is 0 Å². The Labute approximate surface area is 131 Å². The Morgan fingerprint density at radius 2 is 2.00 bits per heavy atom. The average molecular weight is 304 g/mol. The molecular formula is C18H24O4. The smallest absolute Gasteiger partial charge is 0.338 e. The summed E-state index contributed by atoms with van der Waals surface area (Å²) in [7, 11) is 0. The Hall–Kier alpha value is -1.84. The molecule has 4 heteroatoms. The van der Waals surface area contributed by atoms with Gasteiger partial charge in [-0.05, 0) is 51.2 Å². The van der Waals surface area contributed by atoms with Crippen molar-refractivity contribution in [2.24, 2.45) is 5.92 Å². The van der Waals surface area contributed by atoms with Crippen LogP contribution in [0.1, 0.15) is 46.0 Å². The predicted octanol–water partition coefficient (Wildman–Crippen LogP) is 3.48. The molecule has 120 valence electrons. The minimum absolute atomic E-state index is 0.0446. The van der Waals surface area contributed by atoms with Crippen LogP contribution in [0.3, 0.4) is 0 Å². The van der Waals surface area contributed by atoms with E-state index >= 15 is 0 Å². The van der Waals surface area contributed by atoms with Gasteiger partial charge in [0.1, 0.15) is 6.10 Å². The maximum atomic E-state index is 12.4. The van der Waals surface area contributed by atoms with Gasteiger partial charge in [-0.3, -0.25) is 4.79 Å². The van der Waals surface area contributed by atoms with Gasteiger partial charge in [-0.15, -0.1) is 0 Å². The lowest BCUT2D eigenvalue weighted by atomic mass is 9.90. The third kappa shape index (κ3) is 4.09. The first-order valence-electron chi connectivity index (χ1n) is 8.09. The Morgan fingerprint density at radius 1 is 1.27 bits per heavy atom. The highest BCUT2D eigenvalue weighted by atomic mass is 16.5. The highest BCUT2D eigenvalue weighted by Crippen LogP contribution is 2.27. The Morgan fingerprint density at radius 3 is 2.64 bits per heavy atom. The first kappa shape index (κ1) is 16.5. The molecule has 0 aliphatic heterocycles. The molecule has 0 amide bonds. The summed E-state index contributed by atoms with van der Waals surface area (Å²) in [5.74, 6) is -1.02. The topological polar surface area (TPSA) is 52.6 Å². The summed E-state index contributed by atoms with van der Waals surface area (Å²) < 4.78 is 10.6. The molecule has 0 heterocycles. The molecule has 0 saturated heterocycles.